The van der Waals surface area contributed by atoms with Crippen LogP contribution in [0.4, 0.5) is 24.5 Å². The van der Waals surface area contributed by atoms with Crippen molar-refractivity contribution in [3.05, 3.63) is 23.8 Å². The molecule has 1 aliphatic rings. The Hall–Kier alpha value is -1.04. The Kier molecular flexibility index (Phi) is 3.40. The van der Waals surface area contributed by atoms with Crippen LogP contribution in [0.3, 0.4) is 0 Å². The number of benzene rings is 1. The predicted molar refractivity (Wildman–Crippen MR) is 69.8 cm³/mol. The molecule has 18 heavy (non-hydrogen) atoms. The van der Waals surface area contributed by atoms with Crippen molar-refractivity contribution in [1.82, 2.24) is 0 Å². The third-order valence-electron chi connectivity index (χ3n) is 3.19. The van der Waals surface area contributed by atoms with Crippen molar-refractivity contribution in [3.8, 4) is 0 Å². The molecule has 0 unspecified atom stereocenters. The first-order valence-corrected chi connectivity index (χ1v) is 6.84. The van der Waals surface area contributed by atoms with Crippen molar-refractivity contribution in [2.75, 3.05) is 23.9 Å². The Morgan fingerprint density at radius 3 is 2.56 bits per heavy atom. The van der Waals surface area contributed by atoms with Gasteiger partial charge in [-0.25, -0.2) is 0 Å². The summed E-state index contributed by atoms with van der Waals surface area (Å²) in [5.41, 5.74) is 4.95. The van der Waals surface area contributed by atoms with Crippen molar-refractivity contribution in [1.29, 1.82) is 0 Å². The molecular formula is C12H15F3N2S. The predicted octanol–water partition coefficient (Wildman–Crippen LogP) is 3.60. The maximum absolute atomic E-state index is 12.8. The number of hydrogen-bond acceptors (Lipinski definition) is 3. The fourth-order valence-electron chi connectivity index (χ4n) is 1.80. The number of rotatable bonds is 4. The van der Waals surface area contributed by atoms with Crippen LogP contribution in [0.2, 0.25) is 0 Å². The highest BCUT2D eigenvalue weighted by Gasteiger charge is 2.42. The molecule has 1 aromatic rings. The van der Waals surface area contributed by atoms with Crippen molar-refractivity contribution in [2.24, 2.45) is 0 Å². The summed E-state index contributed by atoms with van der Waals surface area (Å²) in [6.45, 7) is 0.557. The van der Waals surface area contributed by atoms with Gasteiger partial charge in [0.1, 0.15) is 0 Å². The van der Waals surface area contributed by atoms with Crippen LogP contribution in [0, 0.1) is 0 Å². The van der Waals surface area contributed by atoms with Crippen molar-refractivity contribution in [2.45, 2.75) is 23.8 Å². The third kappa shape index (κ3) is 2.85. The molecule has 0 spiro atoms. The van der Waals surface area contributed by atoms with E-state index in [1.54, 1.807) is 11.8 Å². The average molecular weight is 276 g/mol. The quantitative estimate of drug-likeness (QED) is 0.825. The molecule has 0 aliphatic heterocycles. The molecule has 2 rings (SSSR count). The van der Waals surface area contributed by atoms with Crippen LogP contribution in [0.25, 0.3) is 0 Å². The third-order valence-corrected chi connectivity index (χ3v) is 4.61. The summed E-state index contributed by atoms with van der Waals surface area (Å²) in [6.07, 6.45) is -0.287. The molecule has 1 aromatic carbocycles. The lowest BCUT2D eigenvalue weighted by Crippen LogP contribution is -2.20. The van der Waals surface area contributed by atoms with Gasteiger partial charge in [-0.2, -0.15) is 24.9 Å². The second kappa shape index (κ2) is 4.57. The average Bonchev–Trinajstić information content (AvgIpc) is 3.07. The molecule has 0 amide bonds. The Bertz CT molecular complexity index is 441. The molecule has 0 heterocycles. The summed E-state index contributed by atoms with van der Waals surface area (Å²) in [4.78, 5) is 0. The lowest BCUT2D eigenvalue weighted by Gasteiger charge is -2.18. The van der Waals surface area contributed by atoms with Gasteiger partial charge in [0.25, 0.3) is 0 Å². The zero-order valence-electron chi connectivity index (χ0n) is 9.97. The van der Waals surface area contributed by atoms with E-state index in [1.165, 1.54) is 12.1 Å². The van der Waals surface area contributed by atoms with Gasteiger partial charge >= 0.3 is 6.18 Å². The highest BCUT2D eigenvalue weighted by atomic mass is 32.2. The van der Waals surface area contributed by atoms with Crippen LogP contribution in [0.15, 0.2) is 18.2 Å². The number of anilines is 2. The van der Waals surface area contributed by atoms with E-state index in [2.05, 4.69) is 5.32 Å². The van der Waals surface area contributed by atoms with Crippen LogP contribution in [0.1, 0.15) is 18.4 Å². The minimum Gasteiger partial charge on any atom is -0.399 e. The van der Waals surface area contributed by atoms with Crippen LogP contribution in [-0.2, 0) is 6.18 Å². The molecule has 0 aromatic heterocycles. The Labute approximate surface area is 108 Å². The highest BCUT2D eigenvalue weighted by Crippen LogP contribution is 2.47. The van der Waals surface area contributed by atoms with Gasteiger partial charge in [0, 0.05) is 22.7 Å². The molecular weight excluding hydrogens is 261 g/mol. The van der Waals surface area contributed by atoms with Crippen molar-refractivity contribution in [3.63, 3.8) is 0 Å². The number of halogens is 3. The molecule has 0 radical (unpaired) electrons. The van der Waals surface area contributed by atoms with E-state index >= 15 is 0 Å². The fraction of sp³-hybridized carbons (Fsp3) is 0.500. The standard InChI is InChI=1S/C12H15F3N2S/c1-18-11(4-5-11)7-17-10-3-2-8(16)6-9(10)12(13,14)15/h2-3,6,17H,4-5,7,16H2,1H3. The molecule has 1 aliphatic carbocycles. The van der Waals surface area contributed by atoms with Gasteiger partial charge in [0.05, 0.1) is 5.56 Å². The number of hydrogen-bond donors (Lipinski definition) is 2. The Morgan fingerprint density at radius 1 is 1.39 bits per heavy atom. The van der Waals surface area contributed by atoms with Crippen LogP contribution >= 0.6 is 11.8 Å². The molecule has 1 fully saturated rings. The maximum atomic E-state index is 12.8. The molecule has 100 valence electrons. The van der Waals surface area contributed by atoms with E-state index in [-0.39, 0.29) is 16.1 Å². The maximum Gasteiger partial charge on any atom is 0.418 e. The number of alkyl halides is 3. The van der Waals surface area contributed by atoms with Crippen molar-refractivity contribution < 1.29 is 13.2 Å². The fourth-order valence-corrected chi connectivity index (χ4v) is 2.53. The zero-order chi connectivity index (χ0) is 13.4. The Balaban J connectivity index is 2.17. The molecule has 3 N–H and O–H groups in total. The normalized spacial score (nSPS) is 17.6. The molecule has 2 nitrogen and oxygen atoms in total. The topological polar surface area (TPSA) is 38.0 Å². The van der Waals surface area contributed by atoms with Gasteiger partial charge in [-0.05, 0) is 37.3 Å². The number of nitrogens with one attached hydrogen (secondary N) is 1. The van der Waals surface area contributed by atoms with E-state index in [0.29, 0.717) is 6.54 Å². The minimum absolute atomic E-state index is 0.108. The van der Waals surface area contributed by atoms with Crippen molar-refractivity contribution >= 4 is 23.1 Å². The van der Waals surface area contributed by atoms with Crippen LogP contribution < -0.4 is 11.1 Å². The van der Waals surface area contributed by atoms with Gasteiger partial charge in [-0.1, -0.05) is 0 Å². The summed E-state index contributed by atoms with van der Waals surface area (Å²) in [7, 11) is 0. The van der Waals surface area contributed by atoms with Gasteiger partial charge in [0.2, 0.25) is 0 Å². The smallest absolute Gasteiger partial charge is 0.399 e. The lowest BCUT2D eigenvalue weighted by molar-refractivity contribution is -0.136. The second-order valence-electron chi connectivity index (χ2n) is 4.54. The largest absolute Gasteiger partial charge is 0.418 e. The summed E-state index contributed by atoms with van der Waals surface area (Å²) in [5.74, 6) is 0. The first kappa shape index (κ1) is 13.4. The lowest BCUT2D eigenvalue weighted by atomic mass is 10.1. The molecule has 1 saturated carbocycles. The Morgan fingerprint density at radius 2 is 2.06 bits per heavy atom. The van der Waals surface area contributed by atoms with Gasteiger partial charge < -0.3 is 11.1 Å². The van der Waals surface area contributed by atoms with Gasteiger partial charge in [-0.15, -0.1) is 0 Å². The zero-order valence-corrected chi connectivity index (χ0v) is 10.8. The monoisotopic (exact) mass is 276 g/mol. The summed E-state index contributed by atoms with van der Waals surface area (Å²) in [5, 5.41) is 2.90. The first-order chi connectivity index (χ1) is 8.36. The van der Waals surface area contributed by atoms with Gasteiger partial charge in [0.15, 0.2) is 0 Å². The van der Waals surface area contributed by atoms with E-state index in [1.807, 2.05) is 6.26 Å². The second-order valence-corrected chi connectivity index (χ2v) is 5.82. The minimum atomic E-state index is -4.38. The summed E-state index contributed by atoms with van der Waals surface area (Å²) < 4.78 is 38.7. The van der Waals surface area contributed by atoms with E-state index in [0.717, 1.165) is 18.9 Å². The number of nitrogen functional groups attached to an aromatic ring is 1. The van der Waals surface area contributed by atoms with Gasteiger partial charge in [-0.3, -0.25) is 0 Å². The molecule has 0 bridgehead atoms. The summed E-state index contributed by atoms with van der Waals surface area (Å²) in [6, 6.07) is 3.85. The molecule has 0 saturated heterocycles. The van der Waals surface area contributed by atoms with E-state index < -0.39 is 11.7 Å². The van der Waals surface area contributed by atoms with Crippen LogP contribution in [-0.4, -0.2) is 17.5 Å². The molecule has 6 heteroatoms. The number of nitrogens with two attached hydrogens (primary N) is 1. The highest BCUT2D eigenvalue weighted by molar-refractivity contribution is 8.00. The van der Waals surface area contributed by atoms with E-state index in [4.69, 9.17) is 5.73 Å². The summed E-state index contributed by atoms with van der Waals surface area (Å²) >= 11 is 1.71. The van der Waals surface area contributed by atoms with E-state index in [9.17, 15) is 13.2 Å². The van der Waals surface area contributed by atoms with Crippen LogP contribution in [0.5, 0.6) is 0 Å². The molecule has 0 atom stereocenters. The first-order valence-electron chi connectivity index (χ1n) is 5.62. The number of thioether (sulfide) groups is 1. The SMILES string of the molecule is CSC1(CNc2ccc(N)cc2C(F)(F)F)CC1.